The van der Waals surface area contributed by atoms with E-state index in [1.54, 1.807) is 6.07 Å². The van der Waals surface area contributed by atoms with E-state index in [4.69, 9.17) is 5.11 Å². The smallest absolute Gasteiger partial charge is 0.306 e. The first-order chi connectivity index (χ1) is 9.08. The van der Waals surface area contributed by atoms with Gasteiger partial charge in [-0.15, -0.1) is 0 Å². The number of rotatable bonds is 5. The van der Waals surface area contributed by atoms with Crippen molar-refractivity contribution in [1.82, 2.24) is 14.9 Å². The summed E-state index contributed by atoms with van der Waals surface area (Å²) in [7, 11) is 0. The predicted molar refractivity (Wildman–Crippen MR) is 65.0 cm³/mol. The number of carbonyl (C=O) groups excluding carboxylic acids is 2. The van der Waals surface area contributed by atoms with Gasteiger partial charge in [0.1, 0.15) is 5.37 Å². The summed E-state index contributed by atoms with van der Waals surface area (Å²) < 4.78 is 0. The molecule has 1 unspecified atom stereocenters. The lowest BCUT2D eigenvalue weighted by Gasteiger charge is -2.23. The minimum absolute atomic E-state index is 0.130. The first kappa shape index (κ1) is 13.5. The van der Waals surface area contributed by atoms with E-state index in [-0.39, 0.29) is 31.1 Å². The number of carboxylic acid groups (broad SMARTS) is 1. The van der Waals surface area contributed by atoms with Gasteiger partial charge >= 0.3 is 5.97 Å². The molecule has 2 heterocycles. The SMILES string of the molecule is O=C(O)CC(Sc1ncccn1)N1C(=O)CCC1=O. The summed E-state index contributed by atoms with van der Waals surface area (Å²) in [6.45, 7) is 0. The maximum atomic E-state index is 11.7. The van der Waals surface area contributed by atoms with Crippen molar-refractivity contribution in [3.05, 3.63) is 18.5 Å². The molecule has 19 heavy (non-hydrogen) atoms. The lowest BCUT2D eigenvalue weighted by Crippen LogP contribution is -2.38. The molecule has 0 aliphatic carbocycles. The van der Waals surface area contributed by atoms with Crippen LogP contribution in [0.4, 0.5) is 0 Å². The van der Waals surface area contributed by atoms with Crippen LogP contribution in [0.3, 0.4) is 0 Å². The van der Waals surface area contributed by atoms with Crippen LogP contribution in [0.2, 0.25) is 0 Å². The van der Waals surface area contributed by atoms with Gasteiger partial charge in [-0.2, -0.15) is 0 Å². The van der Waals surface area contributed by atoms with Crippen LogP contribution in [0.15, 0.2) is 23.6 Å². The monoisotopic (exact) mass is 281 g/mol. The Morgan fingerprint density at radius 3 is 2.42 bits per heavy atom. The summed E-state index contributed by atoms with van der Waals surface area (Å²) in [6.07, 6.45) is 2.96. The number of hydrogen-bond acceptors (Lipinski definition) is 6. The average molecular weight is 281 g/mol. The van der Waals surface area contributed by atoms with Crippen molar-refractivity contribution in [1.29, 1.82) is 0 Å². The lowest BCUT2D eigenvalue weighted by atomic mass is 10.4. The minimum Gasteiger partial charge on any atom is -0.481 e. The normalized spacial score (nSPS) is 16.7. The molecule has 0 bridgehead atoms. The highest BCUT2D eigenvalue weighted by Crippen LogP contribution is 2.29. The Hall–Kier alpha value is -1.96. The van der Waals surface area contributed by atoms with Crippen LogP contribution in [0.25, 0.3) is 0 Å². The highest BCUT2D eigenvalue weighted by Gasteiger charge is 2.37. The second-order valence-electron chi connectivity index (χ2n) is 3.86. The molecule has 1 aromatic rings. The molecular weight excluding hydrogens is 270 g/mol. The van der Waals surface area contributed by atoms with Crippen molar-refractivity contribution in [3.8, 4) is 0 Å². The molecule has 1 aliphatic rings. The molecule has 0 spiro atoms. The van der Waals surface area contributed by atoms with E-state index in [1.807, 2.05) is 0 Å². The van der Waals surface area contributed by atoms with E-state index < -0.39 is 11.3 Å². The Morgan fingerprint density at radius 2 is 1.89 bits per heavy atom. The highest BCUT2D eigenvalue weighted by molar-refractivity contribution is 7.99. The van der Waals surface area contributed by atoms with Crippen LogP contribution in [0.1, 0.15) is 19.3 Å². The molecule has 0 radical (unpaired) electrons. The van der Waals surface area contributed by atoms with Gasteiger partial charge in [-0.1, -0.05) is 11.8 Å². The third kappa shape index (κ3) is 3.28. The van der Waals surface area contributed by atoms with Gasteiger partial charge in [0.2, 0.25) is 11.8 Å². The van der Waals surface area contributed by atoms with Crippen LogP contribution in [-0.4, -0.2) is 43.1 Å². The van der Waals surface area contributed by atoms with E-state index >= 15 is 0 Å². The van der Waals surface area contributed by atoms with Crippen LogP contribution in [0.5, 0.6) is 0 Å². The van der Waals surface area contributed by atoms with Gasteiger partial charge in [0.15, 0.2) is 5.16 Å². The summed E-state index contributed by atoms with van der Waals surface area (Å²) in [5.74, 6) is -1.78. The first-order valence-electron chi connectivity index (χ1n) is 5.58. The van der Waals surface area contributed by atoms with Crippen molar-refractivity contribution < 1.29 is 19.5 Å². The zero-order chi connectivity index (χ0) is 13.8. The van der Waals surface area contributed by atoms with Gasteiger partial charge in [0, 0.05) is 25.2 Å². The number of thioether (sulfide) groups is 1. The van der Waals surface area contributed by atoms with Gasteiger partial charge in [-0.05, 0) is 6.07 Å². The Labute approximate surface area is 113 Å². The molecule has 1 aromatic heterocycles. The molecule has 2 rings (SSSR count). The molecule has 1 atom stereocenters. The maximum Gasteiger partial charge on any atom is 0.306 e. The van der Waals surface area contributed by atoms with E-state index in [9.17, 15) is 14.4 Å². The summed E-state index contributed by atoms with van der Waals surface area (Å²) in [5.41, 5.74) is 0. The first-order valence-corrected chi connectivity index (χ1v) is 6.46. The van der Waals surface area contributed by atoms with E-state index in [0.717, 1.165) is 16.7 Å². The molecule has 7 nitrogen and oxygen atoms in total. The summed E-state index contributed by atoms with van der Waals surface area (Å²) in [6, 6.07) is 1.63. The summed E-state index contributed by atoms with van der Waals surface area (Å²) >= 11 is 1.00. The standard InChI is InChI=1S/C11H11N3O4S/c15-7-2-3-8(16)14(7)9(6-10(17)18)19-11-12-4-1-5-13-11/h1,4-5,9H,2-3,6H2,(H,17,18). The molecular formula is C11H11N3O4S. The van der Waals surface area contributed by atoms with Gasteiger partial charge in [0.05, 0.1) is 6.42 Å². The lowest BCUT2D eigenvalue weighted by molar-refractivity contribution is -0.141. The maximum absolute atomic E-state index is 11.7. The number of likely N-dealkylation sites (tertiary alicyclic amines) is 1. The van der Waals surface area contributed by atoms with Gasteiger partial charge in [-0.3, -0.25) is 19.3 Å². The minimum atomic E-state index is -1.08. The highest BCUT2D eigenvalue weighted by atomic mass is 32.2. The molecule has 1 aliphatic heterocycles. The van der Waals surface area contributed by atoms with Gasteiger partial charge in [0.25, 0.3) is 0 Å². The van der Waals surface area contributed by atoms with Gasteiger partial charge < -0.3 is 5.11 Å². The number of nitrogens with zero attached hydrogens (tertiary/aromatic N) is 3. The van der Waals surface area contributed by atoms with Crippen LogP contribution >= 0.6 is 11.8 Å². The molecule has 1 saturated heterocycles. The van der Waals surface area contributed by atoms with Crippen molar-refractivity contribution >= 4 is 29.5 Å². The summed E-state index contributed by atoms with van der Waals surface area (Å²) in [4.78, 5) is 43.1. The molecule has 100 valence electrons. The number of aromatic nitrogens is 2. The molecule has 2 amide bonds. The molecule has 1 fully saturated rings. The Morgan fingerprint density at radius 1 is 1.32 bits per heavy atom. The fraction of sp³-hybridized carbons (Fsp3) is 0.364. The van der Waals surface area contributed by atoms with E-state index in [1.165, 1.54) is 12.4 Å². The number of carboxylic acids is 1. The van der Waals surface area contributed by atoms with Crippen molar-refractivity contribution in [2.75, 3.05) is 0 Å². The summed E-state index contributed by atoms with van der Waals surface area (Å²) in [5, 5.41) is 8.42. The third-order valence-electron chi connectivity index (χ3n) is 2.51. The Kier molecular flexibility index (Phi) is 4.10. The fourth-order valence-electron chi connectivity index (χ4n) is 1.72. The molecule has 8 heteroatoms. The Bertz CT molecular complexity index is 492. The molecule has 0 saturated carbocycles. The number of carbonyl (C=O) groups is 3. The zero-order valence-electron chi connectivity index (χ0n) is 9.85. The molecule has 0 aromatic carbocycles. The number of amides is 2. The Balaban J connectivity index is 2.18. The quantitative estimate of drug-likeness (QED) is 0.477. The number of hydrogen-bond donors (Lipinski definition) is 1. The fourth-order valence-corrected chi connectivity index (χ4v) is 2.77. The number of imide groups is 1. The van der Waals surface area contributed by atoms with Crippen molar-refractivity contribution in [3.63, 3.8) is 0 Å². The van der Waals surface area contributed by atoms with E-state index in [0.29, 0.717) is 5.16 Å². The van der Waals surface area contributed by atoms with Crippen LogP contribution < -0.4 is 0 Å². The zero-order valence-corrected chi connectivity index (χ0v) is 10.7. The van der Waals surface area contributed by atoms with Crippen LogP contribution in [0, 0.1) is 0 Å². The predicted octanol–water partition coefficient (Wildman–Crippen LogP) is 0.518. The van der Waals surface area contributed by atoms with Gasteiger partial charge in [-0.25, -0.2) is 9.97 Å². The van der Waals surface area contributed by atoms with Crippen molar-refractivity contribution in [2.24, 2.45) is 0 Å². The topological polar surface area (TPSA) is 100 Å². The number of aliphatic carboxylic acids is 1. The second-order valence-corrected chi connectivity index (χ2v) is 5.00. The average Bonchev–Trinajstić information content (AvgIpc) is 2.69. The third-order valence-corrected chi connectivity index (χ3v) is 3.58. The largest absolute Gasteiger partial charge is 0.481 e. The van der Waals surface area contributed by atoms with Crippen LogP contribution in [-0.2, 0) is 14.4 Å². The van der Waals surface area contributed by atoms with E-state index in [2.05, 4.69) is 9.97 Å². The van der Waals surface area contributed by atoms with Crippen molar-refractivity contribution in [2.45, 2.75) is 29.8 Å². The second kappa shape index (κ2) is 5.79. The molecule has 1 N–H and O–H groups in total.